The van der Waals surface area contributed by atoms with Crippen LogP contribution in [0.1, 0.15) is 36.1 Å². The first-order valence-corrected chi connectivity index (χ1v) is 8.39. The van der Waals surface area contributed by atoms with E-state index in [9.17, 15) is 0 Å². The molecule has 1 N–H and O–H groups in total. The Bertz CT molecular complexity index is 537. The summed E-state index contributed by atoms with van der Waals surface area (Å²) in [5.41, 5.74) is 3.72. The highest BCUT2D eigenvalue weighted by Crippen LogP contribution is 2.22. The van der Waals surface area contributed by atoms with Gasteiger partial charge in [-0.05, 0) is 37.9 Å². The van der Waals surface area contributed by atoms with Gasteiger partial charge >= 0.3 is 0 Å². The van der Waals surface area contributed by atoms with Gasteiger partial charge in [0.2, 0.25) is 0 Å². The molecule has 1 atom stereocenters. The van der Waals surface area contributed by atoms with Crippen LogP contribution in [0.25, 0.3) is 0 Å². The van der Waals surface area contributed by atoms with Crippen molar-refractivity contribution in [2.75, 3.05) is 12.3 Å². The Morgan fingerprint density at radius 1 is 1.05 bits per heavy atom. The summed E-state index contributed by atoms with van der Waals surface area (Å²) in [6, 6.07) is 9.09. The molecule has 0 bridgehead atoms. The lowest BCUT2D eigenvalue weighted by molar-refractivity contribution is 0.577. The van der Waals surface area contributed by atoms with E-state index < -0.39 is 0 Å². The minimum absolute atomic E-state index is 0.334. The quantitative estimate of drug-likeness (QED) is 0.621. The summed E-state index contributed by atoms with van der Waals surface area (Å²) in [5, 5.41) is 4.45. The molecule has 0 saturated heterocycles. The van der Waals surface area contributed by atoms with Gasteiger partial charge in [-0.1, -0.05) is 48.5 Å². The van der Waals surface area contributed by atoms with Gasteiger partial charge < -0.3 is 5.32 Å². The molecule has 3 nitrogen and oxygen atoms in total. The van der Waals surface area contributed by atoms with Crippen LogP contribution in [0.4, 0.5) is 0 Å². The molecule has 1 heterocycles. The summed E-state index contributed by atoms with van der Waals surface area (Å²) in [7, 11) is 0. The summed E-state index contributed by atoms with van der Waals surface area (Å²) in [6.07, 6.45) is 4.87. The molecule has 0 aliphatic rings. The predicted molar refractivity (Wildman–Crippen MR) is 89.7 cm³/mol. The molecule has 2 aromatic rings. The molecular weight excluding hydrogens is 278 g/mol. The number of thioether (sulfide) groups is 1. The molecule has 21 heavy (non-hydrogen) atoms. The third-order valence-electron chi connectivity index (χ3n) is 3.26. The fourth-order valence-electron chi connectivity index (χ4n) is 2.00. The number of aromatic nitrogens is 2. The van der Waals surface area contributed by atoms with Crippen LogP contribution in [0.15, 0.2) is 41.8 Å². The van der Waals surface area contributed by atoms with Crippen LogP contribution in [-0.4, -0.2) is 22.3 Å². The topological polar surface area (TPSA) is 37.8 Å². The minimum atomic E-state index is 0.334. The van der Waals surface area contributed by atoms with E-state index in [-0.39, 0.29) is 0 Å². The van der Waals surface area contributed by atoms with Crippen molar-refractivity contribution in [1.82, 2.24) is 15.3 Å². The third kappa shape index (κ3) is 5.14. The van der Waals surface area contributed by atoms with E-state index in [2.05, 4.69) is 53.4 Å². The van der Waals surface area contributed by atoms with Crippen LogP contribution in [0.3, 0.4) is 0 Å². The van der Waals surface area contributed by atoms with Crippen molar-refractivity contribution in [1.29, 1.82) is 0 Å². The van der Waals surface area contributed by atoms with E-state index in [1.54, 1.807) is 11.8 Å². The van der Waals surface area contributed by atoms with Crippen molar-refractivity contribution < 1.29 is 0 Å². The number of nitrogens with zero attached hydrogens (tertiary/aromatic N) is 2. The van der Waals surface area contributed by atoms with Gasteiger partial charge in [0.15, 0.2) is 5.16 Å². The highest BCUT2D eigenvalue weighted by molar-refractivity contribution is 7.99. The van der Waals surface area contributed by atoms with Crippen LogP contribution < -0.4 is 5.32 Å². The summed E-state index contributed by atoms with van der Waals surface area (Å²) >= 11 is 1.70. The van der Waals surface area contributed by atoms with Crippen LogP contribution in [-0.2, 0) is 0 Å². The van der Waals surface area contributed by atoms with Crippen molar-refractivity contribution in [2.45, 2.75) is 38.4 Å². The van der Waals surface area contributed by atoms with E-state index in [1.807, 2.05) is 19.3 Å². The molecule has 0 radical (unpaired) electrons. The van der Waals surface area contributed by atoms with Crippen molar-refractivity contribution in [3.8, 4) is 0 Å². The van der Waals surface area contributed by atoms with Crippen LogP contribution in [0, 0.1) is 13.8 Å². The van der Waals surface area contributed by atoms with E-state index in [1.165, 1.54) is 11.1 Å². The molecule has 0 saturated carbocycles. The van der Waals surface area contributed by atoms with Gasteiger partial charge in [-0.15, -0.1) is 0 Å². The molecule has 1 unspecified atom stereocenters. The summed E-state index contributed by atoms with van der Waals surface area (Å²) in [6.45, 7) is 7.34. The third-order valence-corrected chi connectivity index (χ3v) is 4.23. The first-order chi connectivity index (χ1) is 10.2. The van der Waals surface area contributed by atoms with Gasteiger partial charge in [0, 0.05) is 24.2 Å². The van der Waals surface area contributed by atoms with E-state index >= 15 is 0 Å². The largest absolute Gasteiger partial charge is 0.309 e. The van der Waals surface area contributed by atoms with Gasteiger partial charge in [0.25, 0.3) is 0 Å². The molecule has 4 heteroatoms. The van der Waals surface area contributed by atoms with E-state index in [4.69, 9.17) is 0 Å². The molecular formula is C17H23N3S. The van der Waals surface area contributed by atoms with Gasteiger partial charge in [0.1, 0.15) is 0 Å². The highest BCUT2D eigenvalue weighted by atomic mass is 32.2. The zero-order valence-corrected chi connectivity index (χ0v) is 13.8. The normalized spacial score (nSPS) is 12.3. The Kier molecular flexibility index (Phi) is 6.21. The highest BCUT2D eigenvalue weighted by Gasteiger charge is 2.12. The molecule has 0 fully saturated rings. The van der Waals surface area contributed by atoms with Crippen LogP contribution in [0.5, 0.6) is 0 Å². The summed E-state index contributed by atoms with van der Waals surface area (Å²) in [5.74, 6) is 0.937. The Hall–Kier alpha value is -1.39. The second kappa shape index (κ2) is 8.15. The summed E-state index contributed by atoms with van der Waals surface area (Å²) < 4.78 is 0. The lowest BCUT2D eigenvalue weighted by Gasteiger charge is -2.18. The maximum absolute atomic E-state index is 4.36. The lowest BCUT2D eigenvalue weighted by Crippen LogP contribution is -2.24. The Morgan fingerprint density at radius 2 is 1.71 bits per heavy atom. The number of rotatable bonds is 7. The van der Waals surface area contributed by atoms with Crippen molar-refractivity contribution >= 4 is 11.8 Å². The van der Waals surface area contributed by atoms with Crippen LogP contribution >= 0.6 is 11.8 Å². The van der Waals surface area contributed by atoms with Crippen molar-refractivity contribution in [3.05, 3.63) is 53.3 Å². The fourth-order valence-corrected chi connectivity index (χ4v) is 2.88. The van der Waals surface area contributed by atoms with Gasteiger partial charge in [0.05, 0.1) is 0 Å². The minimum Gasteiger partial charge on any atom is -0.309 e. The molecule has 2 rings (SSSR count). The van der Waals surface area contributed by atoms with E-state index in [0.717, 1.165) is 29.4 Å². The number of hydrogen-bond acceptors (Lipinski definition) is 4. The molecule has 1 aromatic carbocycles. The van der Waals surface area contributed by atoms with Gasteiger partial charge in [-0.3, -0.25) is 0 Å². The number of nitrogens with one attached hydrogen (secondary N) is 1. The Balaban J connectivity index is 2.02. The van der Waals surface area contributed by atoms with Crippen molar-refractivity contribution in [2.24, 2.45) is 0 Å². The Labute approximate surface area is 131 Å². The zero-order valence-electron chi connectivity index (χ0n) is 13.0. The lowest BCUT2D eigenvalue weighted by atomic mass is 10.1. The fraction of sp³-hybridized carbons (Fsp3) is 0.412. The van der Waals surface area contributed by atoms with Crippen LogP contribution in [0.2, 0.25) is 0 Å². The monoisotopic (exact) mass is 301 g/mol. The number of benzene rings is 1. The molecule has 0 amide bonds. The smallest absolute Gasteiger partial charge is 0.187 e. The van der Waals surface area contributed by atoms with E-state index in [0.29, 0.717) is 6.04 Å². The first kappa shape index (κ1) is 16.0. The second-order valence-corrected chi connectivity index (χ2v) is 6.26. The molecule has 0 aliphatic heterocycles. The number of hydrogen-bond donors (Lipinski definition) is 1. The average Bonchev–Trinajstić information content (AvgIpc) is 2.50. The SMILES string of the molecule is CCCNC(CSc1ncc(C)cn1)c1ccc(C)cc1. The maximum Gasteiger partial charge on any atom is 0.187 e. The molecule has 0 aliphatic carbocycles. The molecule has 0 spiro atoms. The molecule has 1 aromatic heterocycles. The van der Waals surface area contributed by atoms with Crippen molar-refractivity contribution in [3.63, 3.8) is 0 Å². The Morgan fingerprint density at radius 3 is 2.33 bits per heavy atom. The second-order valence-electron chi connectivity index (χ2n) is 5.27. The van der Waals surface area contributed by atoms with Gasteiger partial charge in [-0.2, -0.15) is 0 Å². The molecule has 112 valence electrons. The maximum atomic E-state index is 4.36. The number of aryl methyl sites for hydroxylation is 2. The standard InChI is InChI=1S/C17H23N3S/c1-4-9-18-16(15-7-5-13(2)6-8-15)12-21-17-19-10-14(3)11-20-17/h5-8,10-11,16,18H,4,9,12H2,1-3H3. The first-order valence-electron chi connectivity index (χ1n) is 7.40. The predicted octanol–water partition coefficient (Wildman–Crippen LogP) is 3.93. The average molecular weight is 301 g/mol. The van der Waals surface area contributed by atoms with Gasteiger partial charge in [-0.25, -0.2) is 9.97 Å². The zero-order chi connectivity index (χ0) is 15.1. The summed E-state index contributed by atoms with van der Waals surface area (Å²) in [4.78, 5) is 8.72.